The summed E-state index contributed by atoms with van der Waals surface area (Å²) in [6, 6.07) is 7.45. The Morgan fingerprint density at radius 1 is 1.10 bits per heavy atom. The van der Waals surface area contributed by atoms with Gasteiger partial charge in [0.25, 0.3) is 0 Å². The molecule has 4 nitrogen and oxygen atoms in total. The lowest BCUT2D eigenvalue weighted by Gasteiger charge is -2.20. The minimum absolute atomic E-state index is 0.0441. The fourth-order valence-corrected chi connectivity index (χ4v) is 2.84. The molecular weight excluding hydrogens is 288 g/mol. The van der Waals surface area contributed by atoms with Crippen LogP contribution in [-0.2, 0) is 16.0 Å². The molecule has 2 rings (SSSR count). The number of hydrazine groups is 1. The molecule has 0 atom stereocenters. The molecule has 1 fully saturated rings. The van der Waals surface area contributed by atoms with Gasteiger partial charge < -0.3 is 0 Å². The van der Waals surface area contributed by atoms with Crippen LogP contribution in [0.25, 0.3) is 0 Å². The highest BCUT2D eigenvalue weighted by atomic mass is 35.5. The highest BCUT2D eigenvalue weighted by Gasteiger charge is 2.21. The lowest BCUT2D eigenvalue weighted by Crippen LogP contribution is -2.45. The molecule has 0 bridgehead atoms. The zero-order valence-corrected chi connectivity index (χ0v) is 12.8. The van der Waals surface area contributed by atoms with Gasteiger partial charge in [-0.2, -0.15) is 0 Å². The van der Waals surface area contributed by atoms with E-state index in [2.05, 4.69) is 10.9 Å². The quantitative estimate of drug-likeness (QED) is 0.840. The molecule has 0 radical (unpaired) electrons. The maximum atomic E-state index is 11.9. The molecule has 0 aliphatic heterocycles. The molecule has 0 saturated heterocycles. The van der Waals surface area contributed by atoms with Crippen LogP contribution in [0.4, 0.5) is 0 Å². The molecule has 21 heavy (non-hydrogen) atoms. The normalized spacial score (nSPS) is 15.5. The first-order valence-electron chi connectivity index (χ1n) is 7.49. The minimum Gasteiger partial charge on any atom is -0.273 e. The van der Waals surface area contributed by atoms with Gasteiger partial charge in [0, 0.05) is 17.4 Å². The van der Waals surface area contributed by atoms with Gasteiger partial charge in [-0.15, -0.1) is 0 Å². The molecule has 1 saturated carbocycles. The first-order valence-corrected chi connectivity index (χ1v) is 7.86. The predicted molar refractivity (Wildman–Crippen MR) is 82.6 cm³/mol. The van der Waals surface area contributed by atoms with E-state index in [4.69, 9.17) is 11.6 Å². The molecule has 2 amide bonds. The maximum Gasteiger partial charge on any atom is 0.241 e. The number of aryl methyl sites for hydroxylation is 1. The molecule has 5 heteroatoms. The SMILES string of the molecule is O=C(CCc1ccccc1Cl)NNC(=O)C1CCCCC1. The molecule has 0 heterocycles. The monoisotopic (exact) mass is 308 g/mol. The molecule has 0 aromatic heterocycles. The van der Waals surface area contributed by atoms with Crippen molar-refractivity contribution in [2.75, 3.05) is 0 Å². The van der Waals surface area contributed by atoms with Crippen LogP contribution in [0.2, 0.25) is 5.02 Å². The van der Waals surface area contributed by atoms with E-state index in [1.54, 1.807) is 6.07 Å². The number of rotatable bonds is 4. The molecule has 1 aromatic rings. The van der Waals surface area contributed by atoms with Gasteiger partial charge in [0.1, 0.15) is 0 Å². The van der Waals surface area contributed by atoms with Gasteiger partial charge in [0.05, 0.1) is 0 Å². The second kappa shape index (κ2) is 8.03. The number of halogens is 1. The van der Waals surface area contributed by atoms with Gasteiger partial charge in [-0.05, 0) is 30.9 Å². The Morgan fingerprint density at radius 3 is 2.52 bits per heavy atom. The summed E-state index contributed by atoms with van der Waals surface area (Å²) in [5, 5.41) is 0.663. The van der Waals surface area contributed by atoms with Crippen molar-refractivity contribution in [2.24, 2.45) is 5.92 Å². The second-order valence-corrected chi connectivity index (χ2v) is 5.87. The van der Waals surface area contributed by atoms with Crippen LogP contribution >= 0.6 is 11.6 Å². The van der Waals surface area contributed by atoms with E-state index >= 15 is 0 Å². The van der Waals surface area contributed by atoms with Gasteiger partial charge in [-0.1, -0.05) is 49.1 Å². The third-order valence-corrected chi connectivity index (χ3v) is 4.25. The summed E-state index contributed by atoms with van der Waals surface area (Å²) < 4.78 is 0. The Bertz CT molecular complexity index is 499. The maximum absolute atomic E-state index is 11.9. The molecule has 1 aliphatic rings. The standard InChI is InChI=1S/C16H21ClN2O2/c17-14-9-5-4-6-12(14)10-11-15(20)18-19-16(21)13-7-2-1-3-8-13/h4-6,9,13H,1-3,7-8,10-11H2,(H,18,20)(H,19,21). The average molecular weight is 309 g/mol. The summed E-state index contributed by atoms with van der Waals surface area (Å²) in [4.78, 5) is 23.6. The van der Waals surface area contributed by atoms with Gasteiger partial charge in [0.2, 0.25) is 11.8 Å². The summed E-state index contributed by atoms with van der Waals surface area (Å²) in [6.07, 6.45) is 6.09. The van der Waals surface area contributed by atoms with E-state index in [0.29, 0.717) is 17.9 Å². The number of hydrogen-bond donors (Lipinski definition) is 2. The molecule has 2 N–H and O–H groups in total. The summed E-state index contributed by atoms with van der Waals surface area (Å²) >= 11 is 6.04. The van der Waals surface area contributed by atoms with Gasteiger partial charge in [-0.25, -0.2) is 0 Å². The summed E-state index contributed by atoms with van der Waals surface area (Å²) in [5.41, 5.74) is 5.96. The first kappa shape index (κ1) is 15.8. The van der Waals surface area contributed by atoms with E-state index in [-0.39, 0.29) is 17.7 Å². The molecule has 114 valence electrons. The van der Waals surface area contributed by atoms with Gasteiger partial charge in [-0.3, -0.25) is 20.4 Å². The number of benzene rings is 1. The lowest BCUT2D eigenvalue weighted by molar-refractivity contribution is -0.131. The fourth-order valence-electron chi connectivity index (χ4n) is 2.61. The van der Waals surface area contributed by atoms with Crippen LogP contribution in [0.15, 0.2) is 24.3 Å². The van der Waals surface area contributed by atoms with Crippen LogP contribution in [0.5, 0.6) is 0 Å². The van der Waals surface area contributed by atoms with Crippen molar-refractivity contribution in [2.45, 2.75) is 44.9 Å². The molecule has 1 aromatic carbocycles. The number of nitrogens with one attached hydrogen (secondary N) is 2. The van der Waals surface area contributed by atoms with E-state index in [0.717, 1.165) is 31.2 Å². The minimum atomic E-state index is -0.195. The van der Waals surface area contributed by atoms with Crippen molar-refractivity contribution < 1.29 is 9.59 Å². The Morgan fingerprint density at radius 2 is 1.81 bits per heavy atom. The highest BCUT2D eigenvalue weighted by Crippen LogP contribution is 2.23. The average Bonchev–Trinajstić information content (AvgIpc) is 2.52. The van der Waals surface area contributed by atoms with Crippen molar-refractivity contribution in [3.63, 3.8) is 0 Å². The predicted octanol–water partition coefficient (Wildman–Crippen LogP) is 3.00. The zero-order chi connectivity index (χ0) is 15.1. The third kappa shape index (κ3) is 5.05. The zero-order valence-electron chi connectivity index (χ0n) is 12.0. The van der Waals surface area contributed by atoms with Crippen LogP contribution < -0.4 is 10.9 Å². The highest BCUT2D eigenvalue weighted by molar-refractivity contribution is 6.31. The fraction of sp³-hybridized carbons (Fsp3) is 0.500. The number of amides is 2. The Labute approximate surface area is 130 Å². The van der Waals surface area contributed by atoms with Crippen molar-refractivity contribution >= 4 is 23.4 Å². The van der Waals surface area contributed by atoms with Crippen molar-refractivity contribution in [3.05, 3.63) is 34.9 Å². The van der Waals surface area contributed by atoms with Crippen molar-refractivity contribution in [3.8, 4) is 0 Å². The van der Waals surface area contributed by atoms with Crippen LogP contribution in [0.1, 0.15) is 44.1 Å². The van der Waals surface area contributed by atoms with E-state index in [9.17, 15) is 9.59 Å². The number of carbonyl (C=O) groups is 2. The van der Waals surface area contributed by atoms with E-state index in [1.807, 2.05) is 18.2 Å². The van der Waals surface area contributed by atoms with Crippen LogP contribution in [0, 0.1) is 5.92 Å². The Kier molecular flexibility index (Phi) is 6.05. The first-order chi connectivity index (χ1) is 10.2. The number of hydrogen-bond acceptors (Lipinski definition) is 2. The molecule has 0 unspecified atom stereocenters. The van der Waals surface area contributed by atoms with Crippen LogP contribution in [0.3, 0.4) is 0 Å². The largest absolute Gasteiger partial charge is 0.273 e. The topological polar surface area (TPSA) is 58.2 Å². The van der Waals surface area contributed by atoms with Gasteiger partial charge in [0.15, 0.2) is 0 Å². The molecular formula is C16H21ClN2O2. The summed E-state index contributed by atoms with van der Waals surface area (Å²) in [6.45, 7) is 0. The summed E-state index contributed by atoms with van der Waals surface area (Å²) in [7, 11) is 0. The second-order valence-electron chi connectivity index (χ2n) is 5.46. The van der Waals surface area contributed by atoms with Crippen molar-refractivity contribution in [1.82, 2.24) is 10.9 Å². The Balaban J connectivity index is 1.70. The van der Waals surface area contributed by atoms with E-state index < -0.39 is 0 Å². The summed E-state index contributed by atoms with van der Waals surface area (Å²) in [5.74, 6) is -0.220. The van der Waals surface area contributed by atoms with E-state index in [1.165, 1.54) is 6.42 Å². The smallest absolute Gasteiger partial charge is 0.241 e. The molecule has 0 spiro atoms. The van der Waals surface area contributed by atoms with Gasteiger partial charge >= 0.3 is 0 Å². The van der Waals surface area contributed by atoms with Crippen molar-refractivity contribution in [1.29, 1.82) is 0 Å². The third-order valence-electron chi connectivity index (χ3n) is 3.88. The van der Waals surface area contributed by atoms with Crippen LogP contribution in [-0.4, -0.2) is 11.8 Å². The Hall–Kier alpha value is -1.55. The number of carbonyl (C=O) groups excluding carboxylic acids is 2. The lowest BCUT2D eigenvalue weighted by atomic mass is 9.89. The molecule has 1 aliphatic carbocycles.